The molecule has 0 spiro atoms. The molecule has 0 saturated carbocycles. The zero-order valence-electron chi connectivity index (χ0n) is 14.7. The van der Waals surface area contributed by atoms with Crippen molar-refractivity contribution in [1.29, 1.82) is 0 Å². The van der Waals surface area contributed by atoms with Gasteiger partial charge in [-0.3, -0.25) is 9.20 Å². The maximum Gasteiger partial charge on any atom is 0.259 e. The standard InChI is InChI=1S/C18H18N6O2/c1-10(2)13-8-12(16-11(3)23-26-18(16)20-13)17(25)19-9-15-22-21-14-6-4-5-7-24(14)15/h4-8,10H,9H2,1-3H3,(H,19,25). The normalized spacial score (nSPS) is 11.5. The molecule has 0 radical (unpaired) electrons. The minimum atomic E-state index is -0.224. The molecule has 0 aliphatic rings. The minimum Gasteiger partial charge on any atom is -0.345 e. The molecule has 0 aliphatic carbocycles. The Morgan fingerprint density at radius 3 is 2.96 bits per heavy atom. The number of aryl methyl sites for hydroxylation is 1. The van der Waals surface area contributed by atoms with Gasteiger partial charge in [-0.25, -0.2) is 4.98 Å². The van der Waals surface area contributed by atoms with Crippen molar-refractivity contribution in [2.45, 2.75) is 33.2 Å². The first-order chi connectivity index (χ1) is 12.5. The molecular formula is C18H18N6O2. The highest BCUT2D eigenvalue weighted by Crippen LogP contribution is 2.25. The van der Waals surface area contributed by atoms with Gasteiger partial charge in [0.2, 0.25) is 0 Å². The van der Waals surface area contributed by atoms with Gasteiger partial charge in [0, 0.05) is 11.9 Å². The molecule has 0 aromatic carbocycles. The summed E-state index contributed by atoms with van der Waals surface area (Å²) in [7, 11) is 0. The van der Waals surface area contributed by atoms with Crippen molar-refractivity contribution in [2.75, 3.05) is 0 Å². The van der Waals surface area contributed by atoms with Crippen LogP contribution in [0.2, 0.25) is 0 Å². The van der Waals surface area contributed by atoms with Gasteiger partial charge in [0.25, 0.3) is 11.6 Å². The monoisotopic (exact) mass is 350 g/mol. The number of aromatic nitrogens is 5. The number of carbonyl (C=O) groups is 1. The van der Waals surface area contributed by atoms with Crippen LogP contribution in [0.25, 0.3) is 16.7 Å². The third-order valence-corrected chi connectivity index (χ3v) is 4.26. The number of pyridine rings is 2. The number of nitrogens with one attached hydrogen (secondary N) is 1. The van der Waals surface area contributed by atoms with E-state index in [2.05, 4.69) is 25.7 Å². The van der Waals surface area contributed by atoms with Crippen LogP contribution in [0.1, 0.15) is 47.3 Å². The lowest BCUT2D eigenvalue weighted by atomic mass is 10.0. The highest BCUT2D eigenvalue weighted by Gasteiger charge is 2.20. The van der Waals surface area contributed by atoms with Gasteiger partial charge in [0.05, 0.1) is 23.2 Å². The van der Waals surface area contributed by atoms with Gasteiger partial charge in [-0.05, 0) is 31.0 Å². The summed E-state index contributed by atoms with van der Waals surface area (Å²) in [6, 6.07) is 7.44. The molecule has 4 aromatic heterocycles. The van der Waals surface area contributed by atoms with E-state index in [1.54, 1.807) is 13.0 Å². The van der Waals surface area contributed by atoms with Crippen LogP contribution in [0.15, 0.2) is 35.0 Å². The molecular weight excluding hydrogens is 332 g/mol. The van der Waals surface area contributed by atoms with E-state index < -0.39 is 0 Å². The fourth-order valence-electron chi connectivity index (χ4n) is 2.85. The van der Waals surface area contributed by atoms with E-state index in [1.165, 1.54) is 0 Å². The van der Waals surface area contributed by atoms with E-state index >= 15 is 0 Å². The Balaban J connectivity index is 1.66. The molecule has 4 aromatic rings. The average Bonchev–Trinajstić information content (AvgIpc) is 3.23. The Morgan fingerprint density at radius 2 is 2.15 bits per heavy atom. The van der Waals surface area contributed by atoms with Crippen LogP contribution in [-0.2, 0) is 6.54 Å². The van der Waals surface area contributed by atoms with E-state index in [9.17, 15) is 4.79 Å². The predicted octanol–water partition coefficient (Wildman–Crippen LogP) is 2.63. The minimum absolute atomic E-state index is 0.164. The summed E-state index contributed by atoms with van der Waals surface area (Å²) in [6.07, 6.45) is 1.86. The summed E-state index contributed by atoms with van der Waals surface area (Å²) < 4.78 is 7.11. The number of hydrogen-bond acceptors (Lipinski definition) is 6. The van der Waals surface area contributed by atoms with Crippen molar-refractivity contribution in [3.05, 3.63) is 53.2 Å². The van der Waals surface area contributed by atoms with Crippen molar-refractivity contribution in [2.24, 2.45) is 0 Å². The Morgan fingerprint density at radius 1 is 1.31 bits per heavy atom. The number of nitrogens with zero attached hydrogens (tertiary/aromatic N) is 5. The maximum atomic E-state index is 12.8. The van der Waals surface area contributed by atoms with E-state index in [1.807, 2.05) is 42.6 Å². The molecule has 0 fully saturated rings. The largest absolute Gasteiger partial charge is 0.345 e. The second-order valence-corrected chi connectivity index (χ2v) is 6.43. The smallest absolute Gasteiger partial charge is 0.259 e. The van der Waals surface area contributed by atoms with Crippen LogP contribution in [0, 0.1) is 6.92 Å². The molecule has 1 amide bonds. The summed E-state index contributed by atoms with van der Waals surface area (Å²) in [5.74, 6) is 0.598. The topological polar surface area (TPSA) is 98.2 Å². The highest BCUT2D eigenvalue weighted by molar-refractivity contribution is 6.06. The molecule has 0 saturated heterocycles. The summed E-state index contributed by atoms with van der Waals surface area (Å²) in [5.41, 5.74) is 3.05. The van der Waals surface area contributed by atoms with Crippen LogP contribution < -0.4 is 5.32 Å². The Hall–Kier alpha value is -3.29. The molecule has 8 nitrogen and oxygen atoms in total. The lowest BCUT2D eigenvalue weighted by Gasteiger charge is -2.09. The third-order valence-electron chi connectivity index (χ3n) is 4.26. The zero-order valence-corrected chi connectivity index (χ0v) is 14.7. The van der Waals surface area contributed by atoms with Crippen LogP contribution in [0.3, 0.4) is 0 Å². The van der Waals surface area contributed by atoms with Crippen molar-refractivity contribution in [3.8, 4) is 0 Å². The number of rotatable bonds is 4. The maximum absolute atomic E-state index is 12.8. The molecule has 0 aliphatic heterocycles. The quantitative estimate of drug-likeness (QED) is 0.607. The molecule has 132 valence electrons. The lowest BCUT2D eigenvalue weighted by molar-refractivity contribution is 0.0951. The van der Waals surface area contributed by atoms with Crippen molar-refractivity contribution in [1.82, 2.24) is 30.1 Å². The molecule has 0 unspecified atom stereocenters. The predicted molar refractivity (Wildman–Crippen MR) is 94.8 cm³/mol. The van der Waals surface area contributed by atoms with Gasteiger partial charge in [-0.2, -0.15) is 0 Å². The van der Waals surface area contributed by atoms with E-state index in [0.29, 0.717) is 28.2 Å². The Labute approximate surface area is 149 Å². The van der Waals surface area contributed by atoms with Gasteiger partial charge in [0.1, 0.15) is 0 Å². The fourth-order valence-corrected chi connectivity index (χ4v) is 2.85. The number of fused-ring (bicyclic) bond motifs is 2. The SMILES string of the molecule is Cc1noc2nc(C(C)C)cc(C(=O)NCc3nnc4ccccn34)c12. The Bertz CT molecular complexity index is 1110. The van der Waals surface area contributed by atoms with Gasteiger partial charge in [-0.15, -0.1) is 10.2 Å². The van der Waals surface area contributed by atoms with Gasteiger partial charge >= 0.3 is 0 Å². The number of amides is 1. The zero-order chi connectivity index (χ0) is 18.3. The number of carbonyl (C=O) groups excluding carboxylic acids is 1. The highest BCUT2D eigenvalue weighted by atomic mass is 16.5. The van der Waals surface area contributed by atoms with Crippen LogP contribution >= 0.6 is 0 Å². The van der Waals surface area contributed by atoms with Crippen LogP contribution in [-0.4, -0.2) is 30.6 Å². The lowest BCUT2D eigenvalue weighted by Crippen LogP contribution is -2.24. The molecule has 1 N–H and O–H groups in total. The molecule has 4 heterocycles. The Kier molecular flexibility index (Phi) is 3.87. The second kappa shape index (κ2) is 6.21. The third kappa shape index (κ3) is 2.69. The van der Waals surface area contributed by atoms with E-state index in [-0.39, 0.29) is 18.4 Å². The first-order valence-corrected chi connectivity index (χ1v) is 8.38. The molecule has 8 heteroatoms. The van der Waals surface area contributed by atoms with Crippen molar-refractivity contribution < 1.29 is 9.32 Å². The summed E-state index contributed by atoms with van der Waals surface area (Å²) in [4.78, 5) is 17.3. The van der Waals surface area contributed by atoms with Crippen LogP contribution in [0.5, 0.6) is 0 Å². The molecule has 4 rings (SSSR count). The number of hydrogen-bond donors (Lipinski definition) is 1. The van der Waals surface area contributed by atoms with E-state index in [4.69, 9.17) is 4.52 Å². The first-order valence-electron chi connectivity index (χ1n) is 8.38. The van der Waals surface area contributed by atoms with Crippen molar-refractivity contribution in [3.63, 3.8) is 0 Å². The van der Waals surface area contributed by atoms with Gasteiger partial charge < -0.3 is 9.84 Å². The molecule has 0 atom stereocenters. The van der Waals surface area contributed by atoms with Crippen molar-refractivity contribution >= 4 is 22.7 Å². The summed E-state index contributed by atoms with van der Waals surface area (Å²) in [5, 5.41) is 15.7. The van der Waals surface area contributed by atoms with Gasteiger partial charge in [0.15, 0.2) is 11.5 Å². The van der Waals surface area contributed by atoms with Gasteiger partial charge in [-0.1, -0.05) is 25.1 Å². The summed E-state index contributed by atoms with van der Waals surface area (Å²) >= 11 is 0. The first kappa shape index (κ1) is 16.2. The molecule has 26 heavy (non-hydrogen) atoms. The van der Waals surface area contributed by atoms with E-state index in [0.717, 1.165) is 11.3 Å². The second-order valence-electron chi connectivity index (χ2n) is 6.43. The molecule has 0 bridgehead atoms. The fraction of sp³-hybridized carbons (Fsp3) is 0.278. The summed E-state index contributed by atoms with van der Waals surface area (Å²) in [6.45, 7) is 6.09. The average molecular weight is 350 g/mol. The van der Waals surface area contributed by atoms with Crippen LogP contribution in [0.4, 0.5) is 0 Å².